The zero-order chi connectivity index (χ0) is 34.5. The molecule has 0 bridgehead atoms. The van der Waals surface area contributed by atoms with Gasteiger partial charge in [-0.2, -0.15) is 0 Å². The maximum atomic E-state index is 4.99. The molecule has 0 spiro atoms. The number of pyridine rings is 1. The van der Waals surface area contributed by atoms with Crippen LogP contribution in [0.4, 0.5) is 0 Å². The number of nitrogens with zero attached hydrogens (tertiary/aromatic N) is 4. The standard InChI is InChI=1S/C43H42N4.C2H6/c1-4-39(40-32(2)15-14-30-45-40)34-22-26-38(27-23-34)43(28-12-7-13-29-43)37-24-20-33(21-25-37)31-46-42(36-18-10-6-11-19-36)47-41(44-3)35-16-8-5-9-17-35;1-2/h4-6,8-11,14-27,30H,3,7,12-13,28-29,31H2,1-2H3;1-2H3/b39-4-,46-42?,47-41?;. The molecule has 0 saturated heterocycles. The molecule has 6 rings (SSSR count). The molecule has 1 fully saturated rings. The van der Waals surface area contributed by atoms with Crippen LogP contribution in [-0.2, 0) is 12.0 Å². The maximum absolute atomic E-state index is 4.99. The largest absolute Gasteiger partial charge is 0.261 e. The van der Waals surface area contributed by atoms with Gasteiger partial charge >= 0.3 is 0 Å². The summed E-state index contributed by atoms with van der Waals surface area (Å²) >= 11 is 0. The first-order valence-corrected chi connectivity index (χ1v) is 17.6. The first kappa shape index (κ1) is 35.1. The molecule has 1 aromatic heterocycles. The summed E-state index contributed by atoms with van der Waals surface area (Å²) < 4.78 is 0. The molecule has 0 amide bonds. The number of allylic oxidation sites excluding steroid dienone is 1. The van der Waals surface area contributed by atoms with Gasteiger partial charge in [-0.05, 0) is 67.3 Å². The maximum Gasteiger partial charge on any atom is 0.161 e. The van der Waals surface area contributed by atoms with E-state index in [4.69, 9.17) is 15.0 Å². The molecule has 4 aromatic carbocycles. The molecule has 4 nitrogen and oxygen atoms in total. The molecule has 248 valence electrons. The molecule has 49 heavy (non-hydrogen) atoms. The van der Waals surface area contributed by atoms with Gasteiger partial charge in [0.2, 0.25) is 0 Å². The topological polar surface area (TPSA) is 50.0 Å². The first-order valence-electron chi connectivity index (χ1n) is 17.6. The van der Waals surface area contributed by atoms with E-state index in [1.165, 1.54) is 47.1 Å². The number of aliphatic imine (C=N–C) groups is 3. The predicted octanol–water partition coefficient (Wildman–Crippen LogP) is 11.2. The summed E-state index contributed by atoms with van der Waals surface area (Å²) in [7, 11) is 0. The van der Waals surface area contributed by atoms with Crippen molar-refractivity contribution in [1.82, 2.24) is 4.98 Å². The Bertz CT molecular complexity index is 1880. The molecule has 1 aliphatic carbocycles. The van der Waals surface area contributed by atoms with Crippen molar-refractivity contribution < 1.29 is 0 Å². The van der Waals surface area contributed by atoms with E-state index in [2.05, 4.69) is 86.2 Å². The Hall–Kier alpha value is -5.22. The zero-order valence-corrected chi connectivity index (χ0v) is 29.4. The van der Waals surface area contributed by atoms with Crippen molar-refractivity contribution in [3.8, 4) is 0 Å². The third kappa shape index (κ3) is 8.26. The van der Waals surface area contributed by atoms with Crippen LogP contribution >= 0.6 is 0 Å². The van der Waals surface area contributed by atoms with Gasteiger partial charge in [0.15, 0.2) is 11.7 Å². The number of benzene rings is 4. The van der Waals surface area contributed by atoms with E-state index in [0.717, 1.165) is 35.2 Å². The summed E-state index contributed by atoms with van der Waals surface area (Å²) in [5, 5.41) is 0. The summed E-state index contributed by atoms with van der Waals surface area (Å²) in [4.78, 5) is 18.8. The molecule has 1 heterocycles. The van der Waals surface area contributed by atoms with Crippen LogP contribution in [0.3, 0.4) is 0 Å². The van der Waals surface area contributed by atoms with Crippen molar-refractivity contribution in [2.75, 3.05) is 0 Å². The Labute approximate surface area is 293 Å². The number of aromatic nitrogens is 1. The Morgan fingerprint density at radius 2 is 1.27 bits per heavy atom. The predicted molar refractivity (Wildman–Crippen MR) is 209 cm³/mol. The second kappa shape index (κ2) is 17.3. The highest BCUT2D eigenvalue weighted by molar-refractivity contribution is 6.12. The fourth-order valence-electron chi connectivity index (χ4n) is 6.83. The van der Waals surface area contributed by atoms with E-state index >= 15 is 0 Å². The minimum atomic E-state index is 0.00922. The van der Waals surface area contributed by atoms with Crippen molar-refractivity contribution in [2.45, 2.75) is 71.8 Å². The Kier molecular flexibility index (Phi) is 12.4. The number of aryl methyl sites for hydroxylation is 1. The quantitative estimate of drug-likeness (QED) is 0.122. The van der Waals surface area contributed by atoms with Gasteiger partial charge in [0, 0.05) is 28.3 Å². The average molecular weight is 645 g/mol. The van der Waals surface area contributed by atoms with Crippen LogP contribution in [0.1, 0.15) is 97.5 Å². The molecule has 0 unspecified atom stereocenters. The Balaban J connectivity index is 0.00000230. The van der Waals surface area contributed by atoms with Crippen molar-refractivity contribution in [3.05, 3.63) is 178 Å². The molecule has 1 aliphatic rings. The number of rotatable bonds is 8. The van der Waals surface area contributed by atoms with Gasteiger partial charge in [-0.25, -0.2) is 9.98 Å². The summed E-state index contributed by atoms with van der Waals surface area (Å²) in [6, 6.07) is 42.5. The Morgan fingerprint density at radius 1 is 0.694 bits per heavy atom. The lowest BCUT2D eigenvalue weighted by atomic mass is 9.65. The van der Waals surface area contributed by atoms with Crippen LogP contribution in [0.25, 0.3) is 5.57 Å². The molecule has 0 N–H and O–H groups in total. The van der Waals surface area contributed by atoms with Crippen molar-refractivity contribution in [1.29, 1.82) is 0 Å². The van der Waals surface area contributed by atoms with Gasteiger partial charge in [-0.1, -0.05) is 154 Å². The fourth-order valence-corrected chi connectivity index (χ4v) is 6.83. The van der Waals surface area contributed by atoms with Crippen LogP contribution in [-0.4, -0.2) is 23.4 Å². The number of hydrogen-bond donors (Lipinski definition) is 0. The zero-order valence-electron chi connectivity index (χ0n) is 29.4. The van der Waals surface area contributed by atoms with Gasteiger partial charge in [-0.3, -0.25) is 9.98 Å². The van der Waals surface area contributed by atoms with E-state index in [1.54, 1.807) is 0 Å². The third-order valence-electron chi connectivity index (χ3n) is 9.35. The normalized spacial score (nSPS) is 14.8. The van der Waals surface area contributed by atoms with E-state index in [0.29, 0.717) is 18.2 Å². The molecule has 4 heteroatoms. The van der Waals surface area contributed by atoms with E-state index in [1.807, 2.05) is 86.8 Å². The minimum Gasteiger partial charge on any atom is -0.261 e. The van der Waals surface area contributed by atoms with Gasteiger partial charge in [0.25, 0.3) is 0 Å². The van der Waals surface area contributed by atoms with Crippen LogP contribution in [0, 0.1) is 6.92 Å². The minimum absolute atomic E-state index is 0.00922. The van der Waals surface area contributed by atoms with Gasteiger partial charge in [-0.15, -0.1) is 0 Å². The molecule has 0 radical (unpaired) electrons. The summed E-state index contributed by atoms with van der Waals surface area (Å²) in [5.41, 5.74) is 10.4. The van der Waals surface area contributed by atoms with E-state index < -0.39 is 0 Å². The van der Waals surface area contributed by atoms with Gasteiger partial charge < -0.3 is 0 Å². The van der Waals surface area contributed by atoms with Gasteiger partial charge in [0.05, 0.1) is 12.2 Å². The second-order valence-corrected chi connectivity index (χ2v) is 12.3. The second-order valence-electron chi connectivity index (χ2n) is 12.3. The lowest BCUT2D eigenvalue weighted by Gasteiger charge is -2.39. The monoisotopic (exact) mass is 644 g/mol. The summed E-state index contributed by atoms with van der Waals surface area (Å²) in [6.45, 7) is 12.5. The van der Waals surface area contributed by atoms with Crippen molar-refractivity contribution in [2.24, 2.45) is 15.0 Å². The first-order chi connectivity index (χ1) is 24.1. The number of hydrogen-bond acceptors (Lipinski definition) is 2. The molecule has 5 aromatic rings. The molecule has 1 saturated carbocycles. The molecule has 0 atom stereocenters. The van der Waals surface area contributed by atoms with Crippen LogP contribution < -0.4 is 0 Å². The highest BCUT2D eigenvalue weighted by Crippen LogP contribution is 2.45. The Morgan fingerprint density at radius 3 is 1.82 bits per heavy atom. The number of amidine groups is 2. The smallest absolute Gasteiger partial charge is 0.161 e. The fraction of sp³-hybridized carbons (Fsp3) is 0.244. The third-order valence-corrected chi connectivity index (χ3v) is 9.35. The summed E-state index contributed by atoms with van der Waals surface area (Å²) in [5.74, 6) is 1.21. The van der Waals surface area contributed by atoms with Crippen LogP contribution in [0.5, 0.6) is 0 Å². The molecular weight excluding hydrogens is 597 g/mol. The van der Waals surface area contributed by atoms with Crippen molar-refractivity contribution in [3.63, 3.8) is 0 Å². The van der Waals surface area contributed by atoms with Gasteiger partial charge in [0.1, 0.15) is 0 Å². The van der Waals surface area contributed by atoms with Crippen LogP contribution in [0.2, 0.25) is 0 Å². The lowest BCUT2D eigenvalue weighted by Crippen LogP contribution is -2.30. The highest BCUT2D eigenvalue weighted by Gasteiger charge is 2.35. The molecule has 0 aliphatic heterocycles. The lowest BCUT2D eigenvalue weighted by molar-refractivity contribution is 0.346. The van der Waals surface area contributed by atoms with Crippen molar-refractivity contribution >= 4 is 24.0 Å². The van der Waals surface area contributed by atoms with E-state index in [-0.39, 0.29) is 5.41 Å². The van der Waals surface area contributed by atoms with E-state index in [9.17, 15) is 0 Å². The highest BCUT2D eigenvalue weighted by atomic mass is 15.0. The average Bonchev–Trinajstić information content (AvgIpc) is 3.18. The summed E-state index contributed by atoms with van der Waals surface area (Å²) in [6.07, 6.45) is 10.1. The molecular formula is C45H48N4. The SMILES string of the molecule is C=NC(=NC(=NCc1ccc(C2(c3ccc(/C(=C/C)c4ncccc4C)cc3)CCCCC2)cc1)c1ccccc1)c1ccccc1.CC. The van der Waals surface area contributed by atoms with Crippen LogP contribution in [0.15, 0.2) is 149 Å².